The summed E-state index contributed by atoms with van der Waals surface area (Å²) in [5.74, 6) is 0.000648. The number of ether oxygens (including phenoxy) is 1. The lowest BCUT2D eigenvalue weighted by atomic mass is 10.2. The Morgan fingerprint density at radius 1 is 1.17 bits per heavy atom. The second kappa shape index (κ2) is 10.5. The number of carbonyl (C=O) groups excluding carboxylic acids is 1. The predicted octanol–water partition coefficient (Wildman–Crippen LogP) is 4.85. The predicted molar refractivity (Wildman–Crippen MR) is 125 cm³/mol. The van der Waals surface area contributed by atoms with Crippen LogP contribution >= 0.6 is 39.7 Å². The molecule has 5 nitrogen and oxygen atoms in total. The van der Waals surface area contributed by atoms with E-state index >= 15 is 0 Å². The first-order valence-corrected chi connectivity index (χ1v) is 11.0. The van der Waals surface area contributed by atoms with Crippen LogP contribution in [0.15, 0.2) is 53.0 Å². The summed E-state index contributed by atoms with van der Waals surface area (Å²) in [6.07, 6.45) is 0.901. The molecule has 1 aliphatic heterocycles. The van der Waals surface area contributed by atoms with Crippen molar-refractivity contribution in [1.82, 2.24) is 9.88 Å². The van der Waals surface area contributed by atoms with E-state index in [0.717, 1.165) is 59.1 Å². The van der Waals surface area contributed by atoms with Gasteiger partial charge < -0.3 is 4.74 Å². The highest BCUT2D eigenvalue weighted by atomic mass is 79.9. The van der Waals surface area contributed by atoms with Gasteiger partial charge in [-0.25, -0.2) is 4.98 Å². The molecule has 1 saturated heterocycles. The van der Waals surface area contributed by atoms with E-state index in [0.29, 0.717) is 12.1 Å². The Hall–Kier alpha value is -1.51. The number of morpholine rings is 1. The van der Waals surface area contributed by atoms with Gasteiger partial charge in [-0.2, -0.15) is 0 Å². The summed E-state index contributed by atoms with van der Waals surface area (Å²) in [6, 6.07) is 15.5. The van der Waals surface area contributed by atoms with E-state index in [9.17, 15) is 4.79 Å². The number of hydrogen-bond donors (Lipinski definition) is 0. The van der Waals surface area contributed by atoms with Crippen LogP contribution in [0.2, 0.25) is 0 Å². The van der Waals surface area contributed by atoms with E-state index in [-0.39, 0.29) is 18.3 Å². The first-order chi connectivity index (χ1) is 13.7. The SMILES string of the molecule is Cl.O=C(c1ccccc1)N(CCCN1CCOCC1)c1nc2ccc(Br)cc2s1. The molecule has 3 aromatic rings. The average Bonchev–Trinajstić information content (AvgIpc) is 3.15. The molecule has 8 heteroatoms. The second-order valence-electron chi connectivity index (χ2n) is 6.74. The van der Waals surface area contributed by atoms with Crippen molar-refractivity contribution in [2.75, 3.05) is 44.3 Å². The molecule has 0 atom stereocenters. The zero-order valence-corrected chi connectivity index (χ0v) is 19.1. The molecule has 0 spiro atoms. The van der Waals surface area contributed by atoms with Gasteiger partial charge in [0, 0.05) is 36.2 Å². The lowest BCUT2D eigenvalue weighted by Gasteiger charge is -2.27. The van der Waals surface area contributed by atoms with Gasteiger partial charge in [0.25, 0.3) is 5.91 Å². The Kier molecular flexibility index (Phi) is 8.03. The molecule has 1 aliphatic rings. The summed E-state index contributed by atoms with van der Waals surface area (Å²) >= 11 is 5.07. The van der Waals surface area contributed by atoms with Crippen LogP contribution in [0.25, 0.3) is 10.2 Å². The maximum Gasteiger partial charge on any atom is 0.260 e. The fraction of sp³-hybridized carbons (Fsp3) is 0.333. The maximum atomic E-state index is 13.2. The van der Waals surface area contributed by atoms with Crippen molar-refractivity contribution in [2.24, 2.45) is 0 Å². The molecule has 1 fully saturated rings. The van der Waals surface area contributed by atoms with Gasteiger partial charge in [-0.05, 0) is 36.8 Å². The number of carbonyl (C=O) groups is 1. The number of thiazole rings is 1. The van der Waals surface area contributed by atoms with E-state index in [1.807, 2.05) is 47.4 Å². The monoisotopic (exact) mass is 495 g/mol. The minimum atomic E-state index is 0. The van der Waals surface area contributed by atoms with E-state index in [2.05, 4.69) is 26.9 Å². The lowest BCUT2D eigenvalue weighted by molar-refractivity contribution is 0.0376. The number of aromatic nitrogens is 1. The van der Waals surface area contributed by atoms with Crippen molar-refractivity contribution >= 4 is 60.9 Å². The van der Waals surface area contributed by atoms with Crippen LogP contribution in [-0.4, -0.2) is 55.2 Å². The topological polar surface area (TPSA) is 45.7 Å². The van der Waals surface area contributed by atoms with E-state index < -0.39 is 0 Å². The third kappa shape index (κ3) is 5.55. The molecular weight excluding hydrogens is 474 g/mol. The van der Waals surface area contributed by atoms with Gasteiger partial charge in [-0.3, -0.25) is 14.6 Å². The Morgan fingerprint density at radius 3 is 2.69 bits per heavy atom. The van der Waals surface area contributed by atoms with Gasteiger partial charge in [0.1, 0.15) is 0 Å². The molecule has 0 saturated carbocycles. The van der Waals surface area contributed by atoms with E-state index in [1.54, 1.807) is 11.3 Å². The van der Waals surface area contributed by atoms with E-state index in [1.165, 1.54) is 0 Å². The third-order valence-corrected chi connectivity index (χ3v) is 6.33. The van der Waals surface area contributed by atoms with Crippen LogP contribution in [0.1, 0.15) is 16.8 Å². The Balaban J connectivity index is 0.00000240. The normalized spacial score (nSPS) is 14.5. The highest BCUT2D eigenvalue weighted by Gasteiger charge is 2.21. The largest absolute Gasteiger partial charge is 0.379 e. The molecule has 0 N–H and O–H groups in total. The first-order valence-electron chi connectivity index (χ1n) is 9.44. The number of amides is 1. The number of benzene rings is 2. The third-order valence-electron chi connectivity index (χ3n) is 4.80. The number of hydrogen-bond acceptors (Lipinski definition) is 5. The van der Waals surface area contributed by atoms with Gasteiger partial charge in [-0.15, -0.1) is 12.4 Å². The molecule has 2 heterocycles. The van der Waals surface area contributed by atoms with Crippen molar-refractivity contribution in [3.8, 4) is 0 Å². The number of halogens is 2. The van der Waals surface area contributed by atoms with Crippen LogP contribution in [0, 0.1) is 0 Å². The summed E-state index contributed by atoms with van der Waals surface area (Å²) < 4.78 is 7.51. The standard InChI is InChI=1S/C21H22BrN3O2S.ClH/c22-17-7-8-18-19(15-17)28-21(23-18)25(20(26)16-5-2-1-3-6-16)10-4-9-24-11-13-27-14-12-24;/h1-3,5-8,15H,4,9-14H2;1H. The number of rotatable bonds is 6. The molecule has 0 aliphatic carbocycles. The number of anilines is 1. The van der Waals surface area contributed by atoms with Crippen LogP contribution in [-0.2, 0) is 4.74 Å². The molecule has 0 radical (unpaired) electrons. The summed E-state index contributed by atoms with van der Waals surface area (Å²) in [5, 5.41) is 0.754. The van der Waals surface area contributed by atoms with Crippen LogP contribution in [0.5, 0.6) is 0 Å². The number of fused-ring (bicyclic) bond motifs is 1. The summed E-state index contributed by atoms with van der Waals surface area (Å²) in [5.41, 5.74) is 1.61. The van der Waals surface area contributed by atoms with Gasteiger partial charge in [0.05, 0.1) is 23.4 Å². The van der Waals surface area contributed by atoms with Crippen LogP contribution < -0.4 is 4.90 Å². The molecule has 154 valence electrons. The fourth-order valence-electron chi connectivity index (χ4n) is 3.30. The summed E-state index contributed by atoms with van der Waals surface area (Å²) in [4.78, 5) is 22.2. The highest BCUT2D eigenvalue weighted by molar-refractivity contribution is 9.10. The quantitative estimate of drug-likeness (QED) is 0.489. The van der Waals surface area contributed by atoms with Crippen LogP contribution in [0.3, 0.4) is 0 Å². The molecule has 29 heavy (non-hydrogen) atoms. The zero-order chi connectivity index (χ0) is 19.3. The van der Waals surface area contributed by atoms with Crippen molar-refractivity contribution < 1.29 is 9.53 Å². The smallest absolute Gasteiger partial charge is 0.260 e. The minimum absolute atomic E-state index is 0. The van der Waals surface area contributed by atoms with Gasteiger partial charge >= 0.3 is 0 Å². The summed E-state index contributed by atoms with van der Waals surface area (Å²) in [7, 11) is 0. The minimum Gasteiger partial charge on any atom is -0.379 e. The molecule has 2 aromatic carbocycles. The second-order valence-corrected chi connectivity index (χ2v) is 8.66. The first kappa shape index (κ1) is 22.2. The molecule has 4 rings (SSSR count). The van der Waals surface area contributed by atoms with Crippen molar-refractivity contribution in [2.45, 2.75) is 6.42 Å². The van der Waals surface area contributed by atoms with Crippen LogP contribution in [0.4, 0.5) is 5.13 Å². The van der Waals surface area contributed by atoms with Crippen molar-refractivity contribution in [1.29, 1.82) is 0 Å². The molecular formula is C21H23BrClN3O2S. The maximum absolute atomic E-state index is 13.2. The molecule has 1 amide bonds. The van der Waals surface area contributed by atoms with E-state index in [4.69, 9.17) is 9.72 Å². The average molecular weight is 497 g/mol. The molecule has 1 aromatic heterocycles. The Labute approximate surface area is 189 Å². The zero-order valence-electron chi connectivity index (χ0n) is 15.9. The van der Waals surface area contributed by atoms with Gasteiger partial charge in [0.2, 0.25) is 0 Å². The Morgan fingerprint density at radius 2 is 1.93 bits per heavy atom. The summed E-state index contributed by atoms with van der Waals surface area (Å²) in [6.45, 7) is 5.10. The Bertz CT molecular complexity index is 948. The van der Waals surface area contributed by atoms with Crippen molar-refractivity contribution in [3.63, 3.8) is 0 Å². The lowest BCUT2D eigenvalue weighted by Crippen LogP contribution is -2.39. The van der Waals surface area contributed by atoms with Gasteiger partial charge in [0.15, 0.2) is 5.13 Å². The fourth-order valence-corrected chi connectivity index (χ4v) is 4.84. The van der Waals surface area contributed by atoms with Gasteiger partial charge in [-0.1, -0.05) is 45.5 Å². The number of nitrogens with zero attached hydrogens (tertiary/aromatic N) is 3. The molecule has 0 unspecified atom stereocenters. The van der Waals surface area contributed by atoms with Crippen molar-refractivity contribution in [3.05, 3.63) is 58.6 Å². The highest BCUT2D eigenvalue weighted by Crippen LogP contribution is 2.31. The molecule has 0 bridgehead atoms.